The van der Waals surface area contributed by atoms with Gasteiger partial charge < -0.3 is 20.1 Å². The van der Waals surface area contributed by atoms with E-state index in [9.17, 15) is 19.2 Å². The molecule has 2 N–H and O–H groups in total. The summed E-state index contributed by atoms with van der Waals surface area (Å²) >= 11 is 6.68. The van der Waals surface area contributed by atoms with Gasteiger partial charge in [-0.25, -0.2) is 0 Å². The first-order valence-electron chi connectivity index (χ1n) is 11.4. The van der Waals surface area contributed by atoms with E-state index in [0.717, 1.165) is 20.1 Å². The van der Waals surface area contributed by atoms with Crippen molar-refractivity contribution in [2.24, 2.45) is 0 Å². The van der Waals surface area contributed by atoms with Crippen molar-refractivity contribution >= 4 is 55.2 Å². The van der Waals surface area contributed by atoms with E-state index in [0.29, 0.717) is 50.0 Å². The molecule has 0 aromatic heterocycles. The van der Waals surface area contributed by atoms with Crippen molar-refractivity contribution in [3.63, 3.8) is 0 Å². The fourth-order valence-electron chi connectivity index (χ4n) is 4.14. The van der Waals surface area contributed by atoms with Crippen LogP contribution in [0.15, 0.2) is 45.3 Å². The standard InChI is InChI=1S/2C13H14BrNO3/c2*1-18-5-4-13(17)15-11-7-12(16)10-6-8(14)2-3-9(10)11/h2*2-3,6,11H,4-5,7H2,1H3,(H,15,17). The predicted molar refractivity (Wildman–Crippen MR) is 141 cm³/mol. The Hall–Kier alpha value is -2.40. The molecule has 192 valence electrons. The summed E-state index contributed by atoms with van der Waals surface area (Å²) in [6, 6.07) is 10.7. The van der Waals surface area contributed by atoms with Gasteiger partial charge in [0.05, 0.1) is 25.3 Å². The molecule has 0 saturated carbocycles. The summed E-state index contributed by atoms with van der Waals surface area (Å²) in [4.78, 5) is 46.9. The minimum absolute atomic E-state index is 0.0725. The summed E-state index contributed by atoms with van der Waals surface area (Å²) in [5, 5.41) is 5.73. The molecule has 2 aliphatic rings. The topological polar surface area (TPSA) is 111 Å². The zero-order valence-corrected chi connectivity index (χ0v) is 23.2. The first-order valence-corrected chi connectivity index (χ1v) is 13.0. The first-order chi connectivity index (χ1) is 17.2. The van der Waals surface area contributed by atoms with Crippen LogP contribution in [0.4, 0.5) is 0 Å². The number of rotatable bonds is 8. The third-order valence-corrected chi connectivity index (χ3v) is 6.88. The molecule has 2 aromatic rings. The van der Waals surface area contributed by atoms with Gasteiger partial charge in [0.1, 0.15) is 0 Å². The third-order valence-electron chi connectivity index (χ3n) is 5.90. The van der Waals surface area contributed by atoms with Crippen LogP contribution in [0, 0.1) is 0 Å². The number of methoxy groups -OCH3 is 2. The molecule has 8 nitrogen and oxygen atoms in total. The van der Waals surface area contributed by atoms with E-state index in [-0.39, 0.29) is 35.5 Å². The van der Waals surface area contributed by atoms with Gasteiger partial charge in [-0.3, -0.25) is 19.2 Å². The molecule has 0 bridgehead atoms. The second-order valence-corrected chi connectivity index (χ2v) is 10.3. The molecule has 2 aromatic carbocycles. The average Bonchev–Trinajstić information content (AvgIpc) is 3.31. The number of hydrogen-bond donors (Lipinski definition) is 2. The number of amides is 2. The van der Waals surface area contributed by atoms with Crippen molar-refractivity contribution in [3.05, 3.63) is 67.6 Å². The molecule has 0 heterocycles. The van der Waals surface area contributed by atoms with Crippen LogP contribution < -0.4 is 10.6 Å². The lowest BCUT2D eigenvalue weighted by atomic mass is 10.1. The molecule has 4 rings (SSSR count). The molecule has 36 heavy (non-hydrogen) atoms. The van der Waals surface area contributed by atoms with Crippen molar-refractivity contribution in [3.8, 4) is 0 Å². The van der Waals surface area contributed by atoms with E-state index in [4.69, 9.17) is 9.47 Å². The third kappa shape index (κ3) is 7.32. The van der Waals surface area contributed by atoms with Crippen molar-refractivity contribution in [2.45, 2.75) is 37.8 Å². The van der Waals surface area contributed by atoms with Gasteiger partial charge in [-0.05, 0) is 35.4 Å². The average molecular weight is 624 g/mol. The number of fused-ring (bicyclic) bond motifs is 2. The quantitative estimate of drug-likeness (QED) is 0.449. The highest BCUT2D eigenvalue weighted by atomic mass is 79.9. The molecular weight excluding hydrogens is 596 g/mol. The number of benzene rings is 2. The van der Waals surface area contributed by atoms with Crippen LogP contribution in [0.1, 0.15) is 69.6 Å². The second-order valence-electron chi connectivity index (χ2n) is 8.44. The minimum Gasteiger partial charge on any atom is -0.384 e. The number of hydrogen-bond acceptors (Lipinski definition) is 6. The number of nitrogens with one attached hydrogen (secondary N) is 2. The summed E-state index contributed by atoms with van der Waals surface area (Å²) < 4.78 is 11.5. The molecule has 2 atom stereocenters. The normalized spacial score (nSPS) is 17.7. The molecule has 2 amide bonds. The lowest BCUT2D eigenvalue weighted by molar-refractivity contribution is -0.123. The van der Waals surface area contributed by atoms with Gasteiger partial charge in [0.25, 0.3) is 0 Å². The number of carbonyl (C=O) groups is 4. The Morgan fingerprint density at radius 3 is 1.53 bits per heavy atom. The highest BCUT2D eigenvalue weighted by Crippen LogP contribution is 2.34. The SMILES string of the molecule is COCCC(=O)NC1CC(=O)c2cc(Br)ccc21.COCCC(=O)NC1CC(=O)c2cc(Br)ccc21. The highest BCUT2D eigenvalue weighted by Gasteiger charge is 2.31. The highest BCUT2D eigenvalue weighted by molar-refractivity contribution is 9.10. The number of ether oxygens (including phenoxy) is 2. The number of Topliss-reactive ketones (excluding diaryl/α,β-unsaturated/α-hetero) is 2. The van der Waals surface area contributed by atoms with E-state index in [1.165, 1.54) is 0 Å². The van der Waals surface area contributed by atoms with Crippen LogP contribution in [0.3, 0.4) is 0 Å². The Morgan fingerprint density at radius 2 is 1.17 bits per heavy atom. The van der Waals surface area contributed by atoms with Crippen molar-refractivity contribution in [1.82, 2.24) is 10.6 Å². The summed E-state index contributed by atoms with van der Waals surface area (Å²) in [5.74, 6) is -0.0393. The molecule has 0 saturated heterocycles. The van der Waals surface area contributed by atoms with Gasteiger partial charge in [-0.1, -0.05) is 44.0 Å². The van der Waals surface area contributed by atoms with Gasteiger partial charge in [0.2, 0.25) is 11.8 Å². The van der Waals surface area contributed by atoms with Crippen LogP contribution in [-0.4, -0.2) is 50.8 Å². The van der Waals surface area contributed by atoms with E-state index in [1.54, 1.807) is 26.4 Å². The summed E-state index contributed by atoms with van der Waals surface area (Å²) in [5.41, 5.74) is 3.19. The van der Waals surface area contributed by atoms with Gasteiger partial charge in [0, 0.05) is 60.0 Å². The second kappa shape index (κ2) is 13.2. The minimum atomic E-state index is -0.204. The van der Waals surface area contributed by atoms with Crippen LogP contribution in [0.2, 0.25) is 0 Å². The maximum Gasteiger partial charge on any atom is 0.222 e. The van der Waals surface area contributed by atoms with Gasteiger partial charge in [0.15, 0.2) is 11.6 Å². The Balaban J connectivity index is 0.000000201. The maximum absolute atomic E-state index is 11.8. The number of ketones is 2. The number of halogens is 2. The van der Waals surface area contributed by atoms with E-state index in [1.807, 2.05) is 24.3 Å². The summed E-state index contributed by atoms with van der Waals surface area (Å²) in [7, 11) is 3.11. The Morgan fingerprint density at radius 1 is 0.778 bits per heavy atom. The van der Waals surface area contributed by atoms with Gasteiger partial charge in [-0.15, -0.1) is 0 Å². The van der Waals surface area contributed by atoms with Crippen LogP contribution >= 0.6 is 31.9 Å². The van der Waals surface area contributed by atoms with E-state index < -0.39 is 0 Å². The predicted octanol–water partition coefficient (Wildman–Crippen LogP) is 4.46. The fourth-order valence-corrected chi connectivity index (χ4v) is 4.86. The lowest BCUT2D eigenvalue weighted by Crippen LogP contribution is -2.28. The van der Waals surface area contributed by atoms with Gasteiger partial charge in [-0.2, -0.15) is 0 Å². The van der Waals surface area contributed by atoms with Crippen LogP contribution in [0.25, 0.3) is 0 Å². The van der Waals surface area contributed by atoms with E-state index in [2.05, 4.69) is 42.5 Å². The van der Waals surface area contributed by atoms with Crippen LogP contribution in [0.5, 0.6) is 0 Å². The molecule has 0 aliphatic heterocycles. The lowest BCUT2D eigenvalue weighted by Gasteiger charge is -2.13. The molecule has 10 heteroatoms. The summed E-state index contributed by atoms with van der Waals surface area (Å²) in [6.45, 7) is 0.777. The largest absolute Gasteiger partial charge is 0.384 e. The fraction of sp³-hybridized carbons (Fsp3) is 0.385. The molecule has 0 radical (unpaired) electrons. The molecule has 2 unspecified atom stereocenters. The zero-order valence-electron chi connectivity index (χ0n) is 20.1. The molecule has 0 fully saturated rings. The first kappa shape index (κ1) is 28.2. The number of carbonyl (C=O) groups excluding carboxylic acids is 4. The van der Waals surface area contributed by atoms with E-state index >= 15 is 0 Å². The van der Waals surface area contributed by atoms with Crippen molar-refractivity contribution in [2.75, 3.05) is 27.4 Å². The van der Waals surface area contributed by atoms with Crippen LogP contribution in [-0.2, 0) is 19.1 Å². The van der Waals surface area contributed by atoms with Crippen molar-refractivity contribution < 1.29 is 28.7 Å². The summed E-state index contributed by atoms with van der Waals surface area (Å²) in [6.07, 6.45) is 1.30. The monoisotopic (exact) mass is 622 g/mol. The zero-order chi connectivity index (χ0) is 26.2. The van der Waals surface area contributed by atoms with Crippen molar-refractivity contribution in [1.29, 1.82) is 0 Å². The molecule has 2 aliphatic carbocycles. The Bertz CT molecular complexity index is 1060. The Kier molecular flexibility index (Phi) is 10.4. The maximum atomic E-state index is 11.8. The van der Waals surface area contributed by atoms with Gasteiger partial charge >= 0.3 is 0 Å². The molecular formula is C26H28Br2N2O6. The smallest absolute Gasteiger partial charge is 0.222 e. The molecule has 0 spiro atoms. The Labute approximate surface area is 226 Å².